The second-order valence-electron chi connectivity index (χ2n) is 30.6. The number of amides is 2. The van der Waals surface area contributed by atoms with Crippen molar-refractivity contribution in [1.82, 2.24) is 5.32 Å². The fourth-order valence-corrected chi connectivity index (χ4v) is 9.12. The molecule has 0 aromatic heterocycles. The first-order valence-electron chi connectivity index (χ1n) is 37.4. The van der Waals surface area contributed by atoms with Gasteiger partial charge in [0.25, 0.3) is 0 Å². The Kier molecular flexibility index (Phi) is 60.3. The summed E-state index contributed by atoms with van der Waals surface area (Å²) in [6, 6.07) is 25.7. The monoisotopic (exact) mass is 1300 g/mol. The van der Waals surface area contributed by atoms with E-state index in [-0.39, 0.29) is 11.8 Å². The van der Waals surface area contributed by atoms with E-state index in [4.69, 9.17) is 14.2 Å². The molecule has 0 radical (unpaired) electrons. The van der Waals surface area contributed by atoms with Gasteiger partial charge in [0.05, 0.1) is 19.8 Å². The Morgan fingerprint density at radius 1 is 0.312 bits per heavy atom. The molecular formula is C84H150N2O7. The normalized spacial score (nSPS) is 11.2. The van der Waals surface area contributed by atoms with Gasteiger partial charge in [-0.3, -0.25) is 19.2 Å². The summed E-state index contributed by atoms with van der Waals surface area (Å²) in [5.41, 5.74) is 7.67. The molecule has 9 nitrogen and oxygen atoms in total. The van der Waals surface area contributed by atoms with Crippen LogP contribution in [0.1, 0.15) is 333 Å². The average molecular weight is 1300 g/mol. The topological polar surface area (TPSA) is 120 Å². The maximum atomic E-state index is 11.6. The summed E-state index contributed by atoms with van der Waals surface area (Å²) in [6.07, 6.45) is 19.9. The zero-order valence-electron chi connectivity index (χ0n) is 65.1. The molecule has 0 fully saturated rings. The van der Waals surface area contributed by atoms with Crippen molar-refractivity contribution in [2.45, 2.75) is 312 Å². The van der Waals surface area contributed by atoms with Crippen molar-refractivity contribution in [1.29, 1.82) is 0 Å². The number of ether oxygens (including phenoxy) is 3. The highest BCUT2D eigenvalue weighted by Crippen LogP contribution is 2.21. The molecule has 538 valence electrons. The fourth-order valence-electron chi connectivity index (χ4n) is 9.12. The number of rotatable bonds is 42. The number of unbranched alkanes of at least 4 members (excludes halogenated alkanes) is 4. The van der Waals surface area contributed by atoms with Gasteiger partial charge in [-0.15, -0.1) is 0 Å². The summed E-state index contributed by atoms with van der Waals surface area (Å²) in [6.45, 7) is 57.3. The third-order valence-electron chi connectivity index (χ3n) is 15.6. The molecule has 0 aliphatic rings. The Labute approximate surface area is 576 Å². The molecule has 0 saturated heterocycles. The van der Waals surface area contributed by atoms with Crippen LogP contribution in [0.5, 0.6) is 0 Å². The molecule has 3 aromatic rings. The van der Waals surface area contributed by atoms with Gasteiger partial charge in [0.2, 0.25) is 11.8 Å². The summed E-state index contributed by atoms with van der Waals surface area (Å²) in [7, 11) is 0. The second kappa shape index (κ2) is 60.2. The van der Waals surface area contributed by atoms with Gasteiger partial charge in [-0.1, -0.05) is 272 Å². The summed E-state index contributed by atoms with van der Waals surface area (Å²) in [5.74, 6) is 8.62. The van der Waals surface area contributed by atoms with E-state index in [9.17, 15) is 19.2 Å². The van der Waals surface area contributed by atoms with Crippen LogP contribution in [0, 0.1) is 47.3 Å². The van der Waals surface area contributed by atoms with Crippen LogP contribution in [0.25, 0.3) is 0 Å². The van der Waals surface area contributed by atoms with Crippen LogP contribution in [-0.4, -0.2) is 69.6 Å². The number of aryl methyl sites for hydroxylation is 1. The van der Waals surface area contributed by atoms with E-state index in [1.807, 2.05) is 26.0 Å². The molecule has 0 saturated carbocycles. The Morgan fingerprint density at radius 3 is 1.08 bits per heavy atom. The number of carbonyl (C=O) groups is 4. The minimum absolute atomic E-state index is 0.0901. The smallest absolute Gasteiger partial charge is 0.224 e. The van der Waals surface area contributed by atoms with Crippen molar-refractivity contribution in [3.8, 4) is 0 Å². The molecule has 0 spiro atoms. The van der Waals surface area contributed by atoms with Crippen molar-refractivity contribution in [3.05, 3.63) is 101 Å². The van der Waals surface area contributed by atoms with Gasteiger partial charge in [0.1, 0.15) is 11.6 Å². The molecule has 2 N–H and O–H groups in total. The molecule has 93 heavy (non-hydrogen) atoms. The number of benzene rings is 3. The van der Waals surface area contributed by atoms with E-state index in [1.54, 1.807) is 0 Å². The molecule has 3 aromatic carbocycles. The van der Waals surface area contributed by atoms with Gasteiger partial charge in [-0.2, -0.15) is 0 Å². The molecule has 0 heterocycles. The minimum Gasteiger partial charge on any atom is -0.380 e. The van der Waals surface area contributed by atoms with Crippen LogP contribution in [0.15, 0.2) is 72.8 Å². The Morgan fingerprint density at radius 2 is 0.677 bits per heavy atom. The Hall–Kier alpha value is -4.18. The van der Waals surface area contributed by atoms with Crippen molar-refractivity contribution in [2.24, 2.45) is 47.3 Å². The molecule has 3 rings (SSSR count). The predicted octanol–water partition coefficient (Wildman–Crippen LogP) is 23.6. The lowest BCUT2D eigenvalue weighted by Gasteiger charge is -2.09. The number of ketones is 2. The Bertz CT molecular complexity index is 2150. The summed E-state index contributed by atoms with van der Waals surface area (Å²) >= 11 is 0. The second-order valence-corrected chi connectivity index (χ2v) is 30.6. The van der Waals surface area contributed by atoms with E-state index in [0.717, 1.165) is 75.7 Å². The van der Waals surface area contributed by atoms with Crippen LogP contribution >= 0.6 is 0 Å². The van der Waals surface area contributed by atoms with Crippen molar-refractivity contribution in [2.75, 3.05) is 51.5 Å². The van der Waals surface area contributed by atoms with Gasteiger partial charge in [-0.25, -0.2) is 0 Å². The lowest BCUT2D eigenvalue weighted by molar-refractivity contribution is -0.122. The zero-order chi connectivity index (χ0) is 71.1. The number of nitrogens with one attached hydrogen (secondary N) is 2. The SMILES string of the molecule is CC(C)CC(=O)CCc1ccc(C(C)C)cc1.CC(C)CC(=O)Nc1ccc(C(C)C)cc1.CC(C)CCCCCCCC(C)C.CC(C)CCOCCNC(=O)CCC(C)C.CC(C)CCOCCOCCCC(=O)CCC(C)C.CC(C)c1ccc(C(C)C)cc1. The quantitative estimate of drug-likeness (QED) is 0.0542. The highest BCUT2D eigenvalue weighted by Gasteiger charge is 2.10. The molecule has 0 atom stereocenters. The number of hydrogen-bond donors (Lipinski definition) is 2. The van der Waals surface area contributed by atoms with Crippen LogP contribution < -0.4 is 10.6 Å². The van der Waals surface area contributed by atoms with Gasteiger partial charge < -0.3 is 24.8 Å². The number of Topliss-reactive ketones (excluding diaryl/α,β-unsaturated/α-hetero) is 2. The molecule has 0 unspecified atom stereocenters. The van der Waals surface area contributed by atoms with Crippen LogP contribution in [-0.2, 0) is 39.8 Å². The standard InChI is InChI=1S/C16H32O3.C16H24O.C14H21NO.C13H27NO2.C13H28.C12H18/c1-14(2)7-8-16(17)6-5-10-18-12-13-19-11-9-15(3)4;1-12(2)11-16(17)10-7-14-5-8-15(9-6-14)13(3)4;1-10(2)9-14(16)15-13-7-5-12(6-8-13)11(3)4;1-11(2)5-6-13(15)14-8-10-16-9-7-12(3)4;1-12(2)10-8-6-5-7-9-11-13(3)4;1-9(2)11-5-7-12(8-6-11)10(3)4/h14-15H,5-13H2,1-4H3;5-6,8-9,12-13H,7,10-11H2,1-4H3;5-8,10-11H,9H2,1-4H3,(H,15,16);11-12H,5-10H2,1-4H3,(H,14,15);12-13H,5-11H2,1-4H3;5-10H,1-4H3. The largest absolute Gasteiger partial charge is 0.380 e. The zero-order valence-corrected chi connectivity index (χ0v) is 65.1. The van der Waals surface area contributed by atoms with E-state index < -0.39 is 0 Å². The Balaban J connectivity index is -0.00000105. The maximum absolute atomic E-state index is 11.6. The number of hydrogen-bond acceptors (Lipinski definition) is 7. The van der Waals surface area contributed by atoms with E-state index >= 15 is 0 Å². The van der Waals surface area contributed by atoms with Gasteiger partial charge in [0, 0.05) is 70.6 Å². The van der Waals surface area contributed by atoms with Crippen molar-refractivity contribution < 1.29 is 33.4 Å². The van der Waals surface area contributed by atoms with E-state index in [1.165, 1.54) is 72.8 Å². The van der Waals surface area contributed by atoms with Gasteiger partial charge in [0.15, 0.2) is 0 Å². The maximum Gasteiger partial charge on any atom is 0.224 e. The molecule has 0 bridgehead atoms. The van der Waals surface area contributed by atoms with Crippen molar-refractivity contribution in [3.63, 3.8) is 0 Å². The van der Waals surface area contributed by atoms with Crippen molar-refractivity contribution >= 4 is 29.1 Å². The third-order valence-corrected chi connectivity index (χ3v) is 15.6. The van der Waals surface area contributed by atoms with E-state index in [0.29, 0.717) is 136 Å². The van der Waals surface area contributed by atoms with Crippen LogP contribution in [0.2, 0.25) is 0 Å². The summed E-state index contributed by atoms with van der Waals surface area (Å²) in [5, 5.41) is 5.76. The predicted molar refractivity (Wildman–Crippen MR) is 405 cm³/mol. The highest BCUT2D eigenvalue weighted by molar-refractivity contribution is 5.90. The van der Waals surface area contributed by atoms with Gasteiger partial charge >= 0.3 is 0 Å². The lowest BCUT2D eigenvalue weighted by atomic mass is 9.97. The summed E-state index contributed by atoms with van der Waals surface area (Å²) < 4.78 is 16.3. The fraction of sp³-hybridized carbons (Fsp3) is 0.738. The molecule has 9 heteroatoms. The van der Waals surface area contributed by atoms with E-state index in [2.05, 4.69) is 224 Å². The first kappa shape index (κ1) is 93.0. The minimum atomic E-state index is 0.0901. The summed E-state index contributed by atoms with van der Waals surface area (Å²) in [4.78, 5) is 46.0. The lowest BCUT2D eigenvalue weighted by Crippen LogP contribution is -2.27. The third kappa shape index (κ3) is 64.9. The number of anilines is 1. The molecule has 2 amide bonds. The highest BCUT2D eigenvalue weighted by atomic mass is 16.5. The molecule has 0 aliphatic heterocycles. The van der Waals surface area contributed by atoms with Crippen LogP contribution in [0.4, 0.5) is 5.69 Å². The average Bonchev–Trinajstić information content (AvgIpc) is 1.23. The van der Waals surface area contributed by atoms with Crippen LogP contribution in [0.3, 0.4) is 0 Å². The molecule has 0 aliphatic carbocycles. The number of carbonyl (C=O) groups excluding carboxylic acids is 4. The van der Waals surface area contributed by atoms with Gasteiger partial charge in [-0.05, 0) is 149 Å². The first-order valence-corrected chi connectivity index (χ1v) is 37.4. The molecular weight excluding hydrogens is 1150 g/mol. The first-order chi connectivity index (χ1) is 43.7.